The summed E-state index contributed by atoms with van der Waals surface area (Å²) in [5.74, 6) is 1.80. The van der Waals surface area contributed by atoms with E-state index in [1.807, 2.05) is 54.6 Å². The molecule has 2 aromatic carbocycles. The highest BCUT2D eigenvalue weighted by atomic mass is 32.2. The second-order valence-corrected chi connectivity index (χ2v) is 9.29. The molecular weight excluding hydrogens is 478 g/mol. The van der Waals surface area contributed by atoms with Gasteiger partial charge in [0.15, 0.2) is 5.82 Å². The van der Waals surface area contributed by atoms with Gasteiger partial charge in [0.05, 0.1) is 12.5 Å². The molecule has 0 bridgehead atoms. The number of pyridine rings is 1. The zero-order chi connectivity index (χ0) is 23.6. The van der Waals surface area contributed by atoms with Crippen molar-refractivity contribution >= 4 is 33.3 Å². The van der Waals surface area contributed by atoms with Crippen molar-refractivity contribution < 1.29 is 9.15 Å². The van der Waals surface area contributed by atoms with E-state index >= 15 is 0 Å². The van der Waals surface area contributed by atoms with Crippen LogP contribution in [0.2, 0.25) is 0 Å². The van der Waals surface area contributed by atoms with Crippen LogP contribution in [-0.4, -0.2) is 32.3 Å². The number of fused-ring (bicyclic) bond motifs is 1. The molecule has 0 aliphatic rings. The zero-order valence-corrected chi connectivity index (χ0v) is 20.1. The summed E-state index contributed by atoms with van der Waals surface area (Å²) in [5.41, 5.74) is 3.83. The standard InChI is InChI=1S/C26H17N5O2S2/c1-32-19-11-9-17(10-12-19)23-30-31-26(33-23)35-25-21-20(16-6-3-2-4-7-16)15-34-24(21)28-22(29-25)18-8-5-13-27-14-18/h2-15H,1H3. The molecule has 9 heteroatoms. The largest absolute Gasteiger partial charge is 0.497 e. The summed E-state index contributed by atoms with van der Waals surface area (Å²) in [5, 5.41) is 12.7. The van der Waals surface area contributed by atoms with E-state index in [1.165, 1.54) is 11.8 Å². The molecule has 0 atom stereocenters. The Balaban J connectivity index is 1.44. The number of hydrogen-bond acceptors (Lipinski definition) is 9. The first-order chi connectivity index (χ1) is 17.3. The molecule has 6 aromatic rings. The molecule has 170 valence electrons. The van der Waals surface area contributed by atoms with Crippen molar-refractivity contribution in [2.75, 3.05) is 7.11 Å². The molecule has 0 N–H and O–H groups in total. The van der Waals surface area contributed by atoms with Crippen LogP contribution in [0.3, 0.4) is 0 Å². The fourth-order valence-corrected chi connectivity index (χ4v) is 5.44. The zero-order valence-electron chi connectivity index (χ0n) is 18.5. The highest BCUT2D eigenvalue weighted by Gasteiger charge is 2.20. The molecule has 7 nitrogen and oxygen atoms in total. The molecule has 4 heterocycles. The van der Waals surface area contributed by atoms with Crippen LogP contribution in [-0.2, 0) is 0 Å². The van der Waals surface area contributed by atoms with Crippen LogP contribution in [0.4, 0.5) is 0 Å². The second-order valence-electron chi connectivity index (χ2n) is 7.49. The maximum absolute atomic E-state index is 5.99. The lowest BCUT2D eigenvalue weighted by Crippen LogP contribution is -1.93. The van der Waals surface area contributed by atoms with Gasteiger partial charge in [0.1, 0.15) is 15.6 Å². The Morgan fingerprint density at radius 1 is 0.857 bits per heavy atom. The van der Waals surface area contributed by atoms with Gasteiger partial charge < -0.3 is 9.15 Å². The predicted octanol–water partition coefficient (Wildman–Crippen LogP) is 6.63. The summed E-state index contributed by atoms with van der Waals surface area (Å²) in [4.78, 5) is 14.9. The highest BCUT2D eigenvalue weighted by Crippen LogP contribution is 2.41. The quantitative estimate of drug-likeness (QED) is 0.238. The number of thiophene rings is 1. The molecule has 0 fully saturated rings. The van der Waals surface area contributed by atoms with E-state index in [1.54, 1.807) is 30.8 Å². The van der Waals surface area contributed by atoms with Gasteiger partial charge in [-0.1, -0.05) is 30.3 Å². The van der Waals surface area contributed by atoms with Gasteiger partial charge in [0.2, 0.25) is 5.89 Å². The Labute approximate surface area is 208 Å². The van der Waals surface area contributed by atoms with Crippen LogP contribution in [0.15, 0.2) is 99.2 Å². The molecule has 4 aromatic heterocycles. The fourth-order valence-electron chi connectivity index (χ4n) is 3.62. The highest BCUT2D eigenvalue weighted by molar-refractivity contribution is 7.99. The lowest BCUT2D eigenvalue weighted by atomic mass is 10.1. The first-order valence-electron chi connectivity index (χ1n) is 10.7. The van der Waals surface area contributed by atoms with Gasteiger partial charge in [-0.25, -0.2) is 9.97 Å². The van der Waals surface area contributed by atoms with Crippen LogP contribution in [0, 0.1) is 0 Å². The van der Waals surface area contributed by atoms with Gasteiger partial charge in [-0.05, 0) is 53.7 Å². The molecule has 0 unspecified atom stereocenters. The van der Waals surface area contributed by atoms with Crippen molar-refractivity contribution in [3.63, 3.8) is 0 Å². The van der Waals surface area contributed by atoms with E-state index < -0.39 is 0 Å². The normalized spacial score (nSPS) is 11.1. The average Bonchev–Trinajstić information content (AvgIpc) is 3.57. The van der Waals surface area contributed by atoms with Crippen molar-refractivity contribution in [3.05, 3.63) is 84.5 Å². The van der Waals surface area contributed by atoms with Gasteiger partial charge in [-0.3, -0.25) is 4.98 Å². The predicted molar refractivity (Wildman–Crippen MR) is 136 cm³/mol. The van der Waals surface area contributed by atoms with E-state index in [0.29, 0.717) is 16.9 Å². The minimum atomic E-state index is 0.401. The van der Waals surface area contributed by atoms with Gasteiger partial charge in [0, 0.05) is 34.5 Å². The third-order valence-corrected chi connectivity index (χ3v) is 7.03. The summed E-state index contributed by atoms with van der Waals surface area (Å²) in [6.07, 6.45) is 3.49. The third-order valence-electron chi connectivity index (χ3n) is 5.33. The van der Waals surface area contributed by atoms with Crippen molar-refractivity contribution in [1.29, 1.82) is 0 Å². The van der Waals surface area contributed by atoms with Gasteiger partial charge in [-0.2, -0.15) is 0 Å². The van der Waals surface area contributed by atoms with Crippen LogP contribution in [0.25, 0.3) is 44.2 Å². The lowest BCUT2D eigenvalue weighted by Gasteiger charge is -2.07. The van der Waals surface area contributed by atoms with E-state index in [0.717, 1.165) is 43.2 Å². The summed E-state index contributed by atoms with van der Waals surface area (Å²) < 4.78 is 11.2. The molecule has 0 amide bonds. The van der Waals surface area contributed by atoms with Crippen LogP contribution >= 0.6 is 23.1 Å². The Morgan fingerprint density at radius 3 is 2.46 bits per heavy atom. The third kappa shape index (κ3) is 4.27. The van der Waals surface area contributed by atoms with Crippen molar-refractivity contribution in [2.45, 2.75) is 10.2 Å². The lowest BCUT2D eigenvalue weighted by molar-refractivity contribution is 0.414. The molecule has 35 heavy (non-hydrogen) atoms. The number of methoxy groups -OCH3 is 1. The molecular formula is C26H17N5O2S2. The maximum Gasteiger partial charge on any atom is 0.283 e. The van der Waals surface area contributed by atoms with Crippen LogP contribution in [0.5, 0.6) is 5.75 Å². The second kappa shape index (κ2) is 9.28. The van der Waals surface area contributed by atoms with Crippen molar-refractivity contribution in [1.82, 2.24) is 25.1 Å². The molecule has 0 radical (unpaired) electrons. The van der Waals surface area contributed by atoms with Crippen LogP contribution in [0.1, 0.15) is 0 Å². The summed E-state index contributed by atoms with van der Waals surface area (Å²) in [6.45, 7) is 0. The van der Waals surface area contributed by atoms with Gasteiger partial charge in [-0.15, -0.1) is 21.5 Å². The van der Waals surface area contributed by atoms with E-state index in [-0.39, 0.29) is 0 Å². The number of benzene rings is 2. The van der Waals surface area contributed by atoms with Gasteiger partial charge in [0.25, 0.3) is 5.22 Å². The summed E-state index contributed by atoms with van der Waals surface area (Å²) in [7, 11) is 1.63. The molecule has 0 saturated carbocycles. The van der Waals surface area contributed by atoms with Gasteiger partial charge >= 0.3 is 0 Å². The van der Waals surface area contributed by atoms with Crippen LogP contribution < -0.4 is 4.74 Å². The smallest absolute Gasteiger partial charge is 0.283 e. The first kappa shape index (κ1) is 21.5. The number of hydrogen-bond donors (Lipinski definition) is 0. The monoisotopic (exact) mass is 495 g/mol. The van der Waals surface area contributed by atoms with Crippen molar-refractivity contribution in [2.24, 2.45) is 0 Å². The van der Waals surface area contributed by atoms with Crippen molar-refractivity contribution in [3.8, 4) is 39.7 Å². The Morgan fingerprint density at radius 2 is 1.69 bits per heavy atom. The average molecular weight is 496 g/mol. The minimum absolute atomic E-state index is 0.401. The summed E-state index contributed by atoms with van der Waals surface area (Å²) in [6, 6.07) is 21.5. The first-order valence-corrected chi connectivity index (χ1v) is 12.4. The molecule has 6 rings (SSSR count). The fraction of sp³-hybridized carbons (Fsp3) is 0.0385. The number of aromatic nitrogens is 5. The topological polar surface area (TPSA) is 86.8 Å². The summed E-state index contributed by atoms with van der Waals surface area (Å²) >= 11 is 2.92. The number of ether oxygens (including phenoxy) is 1. The molecule has 0 aliphatic carbocycles. The Bertz CT molecular complexity index is 1600. The SMILES string of the molecule is COc1ccc(-c2nnc(Sc3nc(-c4cccnc4)nc4scc(-c5ccccc5)c34)o2)cc1. The molecule has 0 saturated heterocycles. The Hall–Kier alpha value is -4.08. The number of rotatable bonds is 6. The van der Waals surface area contributed by atoms with E-state index in [9.17, 15) is 0 Å². The number of nitrogens with zero attached hydrogens (tertiary/aromatic N) is 5. The van der Waals surface area contributed by atoms with E-state index in [4.69, 9.17) is 19.1 Å². The maximum atomic E-state index is 5.99. The molecule has 0 aliphatic heterocycles. The molecule has 0 spiro atoms. The van der Waals surface area contributed by atoms with E-state index in [2.05, 4.69) is 32.7 Å². The Kier molecular flexibility index (Phi) is 5.69. The minimum Gasteiger partial charge on any atom is -0.497 e.